The van der Waals surface area contributed by atoms with Crippen molar-refractivity contribution in [1.29, 1.82) is 0 Å². The van der Waals surface area contributed by atoms with Crippen LogP contribution in [0.1, 0.15) is 45.1 Å². The first-order valence-corrected chi connectivity index (χ1v) is 6.23. The first kappa shape index (κ1) is 11.4. The molecule has 0 bridgehead atoms. The molecular formula is C14H22N2. The van der Waals surface area contributed by atoms with Gasteiger partial charge in [0.05, 0.1) is 5.69 Å². The fourth-order valence-electron chi connectivity index (χ4n) is 2.41. The average molecular weight is 218 g/mol. The molecule has 1 heterocycles. The lowest BCUT2D eigenvalue weighted by Crippen LogP contribution is -2.29. The molecule has 1 aromatic heterocycles. The molecule has 1 N–H and O–H groups in total. The number of hydrogen-bond donors (Lipinski definition) is 1. The Bertz CT molecular complexity index is 348. The third kappa shape index (κ3) is 2.97. The van der Waals surface area contributed by atoms with Crippen LogP contribution in [0.25, 0.3) is 0 Å². The number of pyridine rings is 1. The Morgan fingerprint density at radius 1 is 1.25 bits per heavy atom. The Morgan fingerprint density at radius 3 is 2.56 bits per heavy atom. The first-order chi connectivity index (χ1) is 7.55. The van der Waals surface area contributed by atoms with E-state index in [0.29, 0.717) is 11.5 Å². The molecule has 0 spiro atoms. The van der Waals surface area contributed by atoms with Crippen LogP contribution in [-0.4, -0.2) is 11.0 Å². The highest BCUT2D eigenvalue weighted by atomic mass is 14.9. The summed E-state index contributed by atoms with van der Waals surface area (Å²) < 4.78 is 0. The summed E-state index contributed by atoms with van der Waals surface area (Å²) in [7, 11) is 0. The minimum atomic E-state index is 0.545. The van der Waals surface area contributed by atoms with Crippen molar-refractivity contribution < 1.29 is 0 Å². The molecule has 0 radical (unpaired) electrons. The van der Waals surface area contributed by atoms with E-state index in [9.17, 15) is 0 Å². The predicted octanol–water partition coefficient (Wildman–Crippen LogP) is 3.77. The van der Waals surface area contributed by atoms with Gasteiger partial charge >= 0.3 is 0 Å². The molecule has 0 unspecified atom stereocenters. The van der Waals surface area contributed by atoms with Crippen molar-refractivity contribution >= 4 is 5.69 Å². The van der Waals surface area contributed by atoms with E-state index in [4.69, 9.17) is 0 Å². The van der Waals surface area contributed by atoms with Crippen molar-refractivity contribution in [3.05, 3.63) is 24.0 Å². The van der Waals surface area contributed by atoms with E-state index in [-0.39, 0.29) is 0 Å². The summed E-state index contributed by atoms with van der Waals surface area (Å²) >= 11 is 0. The summed E-state index contributed by atoms with van der Waals surface area (Å²) in [6.07, 6.45) is 9.03. The maximum atomic E-state index is 4.22. The summed E-state index contributed by atoms with van der Waals surface area (Å²) in [6, 6.07) is 2.81. The van der Waals surface area contributed by atoms with Crippen molar-refractivity contribution in [2.45, 2.75) is 52.5 Å². The summed E-state index contributed by atoms with van der Waals surface area (Å²) in [4.78, 5) is 4.22. The molecule has 0 atom stereocenters. The highest BCUT2D eigenvalue weighted by Crippen LogP contribution is 2.35. The van der Waals surface area contributed by atoms with Gasteiger partial charge in [-0.25, -0.2) is 0 Å². The molecule has 1 saturated carbocycles. The lowest BCUT2D eigenvalue weighted by Gasteiger charge is -2.35. The van der Waals surface area contributed by atoms with Gasteiger partial charge in [0.2, 0.25) is 0 Å². The largest absolute Gasteiger partial charge is 0.381 e. The van der Waals surface area contributed by atoms with Crippen molar-refractivity contribution in [3.63, 3.8) is 0 Å². The molecule has 1 aliphatic carbocycles. The summed E-state index contributed by atoms with van der Waals surface area (Å²) in [5.41, 5.74) is 2.94. The second-order valence-corrected chi connectivity index (χ2v) is 5.83. The Kier molecular flexibility index (Phi) is 3.17. The lowest BCUT2D eigenvalue weighted by atomic mass is 9.75. The number of aromatic nitrogens is 1. The standard InChI is InChI=1S/C14H22N2/c1-11-8-13(10-15-9-11)16-12-4-6-14(2,3)7-5-12/h8-10,12,16H,4-7H2,1-3H3. The molecule has 0 aliphatic heterocycles. The van der Waals surface area contributed by atoms with Gasteiger partial charge in [-0.15, -0.1) is 0 Å². The maximum Gasteiger partial charge on any atom is 0.0531 e. The molecule has 16 heavy (non-hydrogen) atoms. The first-order valence-electron chi connectivity index (χ1n) is 6.23. The number of nitrogens with zero attached hydrogens (tertiary/aromatic N) is 1. The van der Waals surface area contributed by atoms with Gasteiger partial charge in [0.1, 0.15) is 0 Å². The topological polar surface area (TPSA) is 24.9 Å². The zero-order valence-electron chi connectivity index (χ0n) is 10.6. The van der Waals surface area contributed by atoms with E-state index >= 15 is 0 Å². The van der Waals surface area contributed by atoms with Gasteiger partial charge in [-0.2, -0.15) is 0 Å². The molecule has 0 amide bonds. The fourth-order valence-corrected chi connectivity index (χ4v) is 2.41. The van der Waals surface area contributed by atoms with Crippen LogP contribution >= 0.6 is 0 Å². The van der Waals surface area contributed by atoms with Crippen molar-refractivity contribution in [2.75, 3.05) is 5.32 Å². The minimum Gasteiger partial charge on any atom is -0.381 e. The van der Waals surface area contributed by atoms with Crippen LogP contribution in [0.15, 0.2) is 18.5 Å². The van der Waals surface area contributed by atoms with E-state index in [0.717, 1.165) is 0 Å². The molecular weight excluding hydrogens is 196 g/mol. The van der Waals surface area contributed by atoms with Crippen LogP contribution in [0, 0.1) is 12.3 Å². The molecule has 2 heteroatoms. The van der Waals surface area contributed by atoms with Crippen molar-refractivity contribution in [1.82, 2.24) is 4.98 Å². The third-order valence-corrected chi connectivity index (χ3v) is 3.58. The van der Waals surface area contributed by atoms with Gasteiger partial charge in [0.25, 0.3) is 0 Å². The molecule has 0 aromatic carbocycles. The van der Waals surface area contributed by atoms with E-state index < -0.39 is 0 Å². The molecule has 2 nitrogen and oxygen atoms in total. The number of aryl methyl sites for hydroxylation is 1. The van der Waals surface area contributed by atoms with E-state index in [2.05, 4.69) is 37.1 Å². The normalized spacial score (nSPS) is 20.7. The summed E-state index contributed by atoms with van der Waals surface area (Å²) in [5.74, 6) is 0. The number of rotatable bonds is 2. The molecule has 2 rings (SSSR count). The lowest BCUT2D eigenvalue weighted by molar-refractivity contribution is 0.232. The maximum absolute atomic E-state index is 4.22. The molecule has 1 aliphatic rings. The smallest absolute Gasteiger partial charge is 0.0531 e. The predicted molar refractivity (Wildman–Crippen MR) is 68.6 cm³/mol. The quantitative estimate of drug-likeness (QED) is 0.817. The zero-order valence-corrected chi connectivity index (χ0v) is 10.6. The van der Waals surface area contributed by atoms with Gasteiger partial charge < -0.3 is 5.32 Å². The number of anilines is 1. The molecule has 88 valence electrons. The van der Waals surface area contributed by atoms with E-state index in [1.165, 1.54) is 36.9 Å². The van der Waals surface area contributed by atoms with Crippen molar-refractivity contribution in [2.24, 2.45) is 5.41 Å². The van der Waals surface area contributed by atoms with E-state index in [1.54, 1.807) is 0 Å². The number of nitrogens with one attached hydrogen (secondary N) is 1. The molecule has 1 aromatic rings. The van der Waals surface area contributed by atoms with E-state index in [1.807, 2.05) is 12.4 Å². The third-order valence-electron chi connectivity index (χ3n) is 3.58. The highest BCUT2D eigenvalue weighted by molar-refractivity contribution is 5.43. The monoisotopic (exact) mass is 218 g/mol. The molecule has 0 saturated heterocycles. The zero-order chi connectivity index (χ0) is 11.6. The molecule has 1 fully saturated rings. The van der Waals surface area contributed by atoms with Crippen molar-refractivity contribution in [3.8, 4) is 0 Å². The minimum absolute atomic E-state index is 0.545. The van der Waals surface area contributed by atoms with Gasteiger partial charge in [0.15, 0.2) is 0 Å². The average Bonchev–Trinajstić information content (AvgIpc) is 2.21. The van der Waals surface area contributed by atoms with Gasteiger partial charge in [-0.3, -0.25) is 4.98 Å². The fraction of sp³-hybridized carbons (Fsp3) is 0.643. The van der Waals surface area contributed by atoms with Gasteiger partial charge in [-0.1, -0.05) is 13.8 Å². The highest BCUT2D eigenvalue weighted by Gasteiger charge is 2.26. The second-order valence-electron chi connectivity index (χ2n) is 5.83. The van der Waals surface area contributed by atoms with Gasteiger partial charge in [0, 0.05) is 18.4 Å². The van der Waals surface area contributed by atoms with Crippen LogP contribution in [0.5, 0.6) is 0 Å². The van der Waals surface area contributed by atoms with Crippen LogP contribution in [0.3, 0.4) is 0 Å². The second kappa shape index (κ2) is 4.44. The van der Waals surface area contributed by atoms with Crippen LogP contribution < -0.4 is 5.32 Å². The van der Waals surface area contributed by atoms with Crippen LogP contribution in [0.4, 0.5) is 5.69 Å². The van der Waals surface area contributed by atoms with Crippen LogP contribution in [0.2, 0.25) is 0 Å². The Labute approximate surface area is 98.5 Å². The summed E-state index contributed by atoms with van der Waals surface area (Å²) in [5, 5.41) is 3.60. The van der Waals surface area contributed by atoms with Crippen LogP contribution in [-0.2, 0) is 0 Å². The number of hydrogen-bond acceptors (Lipinski definition) is 2. The summed E-state index contributed by atoms with van der Waals surface area (Å²) in [6.45, 7) is 6.83. The SMILES string of the molecule is Cc1cncc(NC2CCC(C)(C)CC2)c1. The Morgan fingerprint density at radius 2 is 1.94 bits per heavy atom. The Hall–Kier alpha value is -1.05. The van der Waals surface area contributed by atoms with Gasteiger partial charge in [-0.05, 0) is 49.7 Å². The Balaban J connectivity index is 1.92.